The molecular weight excluding hydrogens is 287 g/mol. The standard InChI is InChI=1S/C15H21N2O3P/c1-15(2,21-20)17-9-7-16(8-10-17)11-12-3-5-13(6-4-12)14(18)19/h3-6H,7-11H2,1-2H3,(H,18,19). The number of nitrogens with zero attached hydrogens (tertiary/aromatic N) is 2. The van der Waals surface area contributed by atoms with Gasteiger partial charge in [0.1, 0.15) is 0 Å². The van der Waals surface area contributed by atoms with E-state index in [9.17, 15) is 9.36 Å². The first kappa shape index (κ1) is 16.1. The van der Waals surface area contributed by atoms with Crippen molar-refractivity contribution >= 4 is 14.4 Å². The number of hydrogen-bond acceptors (Lipinski definition) is 4. The molecule has 0 amide bonds. The predicted octanol–water partition coefficient (Wildman–Crippen LogP) is 2.53. The molecule has 21 heavy (non-hydrogen) atoms. The van der Waals surface area contributed by atoms with Crippen LogP contribution in [0.2, 0.25) is 0 Å². The molecule has 1 aliphatic heterocycles. The molecule has 1 aliphatic rings. The lowest BCUT2D eigenvalue weighted by atomic mass is 10.1. The van der Waals surface area contributed by atoms with Gasteiger partial charge >= 0.3 is 5.97 Å². The van der Waals surface area contributed by atoms with Crippen LogP contribution >= 0.6 is 8.46 Å². The summed E-state index contributed by atoms with van der Waals surface area (Å²) in [6.07, 6.45) is 0. The summed E-state index contributed by atoms with van der Waals surface area (Å²) >= 11 is 0. The Hall–Kier alpha value is -1.29. The summed E-state index contributed by atoms with van der Waals surface area (Å²) < 4.78 is 11.2. The first-order valence-electron chi connectivity index (χ1n) is 7.06. The van der Waals surface area contributed by atoms with Crippen molar-refractivity contribution in [1.29, 1.82) is 0 Å². The summed E-state index contributed by atoms with van der Waals surface area (Å²) in [6.45, 7) is 8.46. The van der Waals surface area contributed by atoms with E-state index in [-0.39, 0.29) is 13.7 Å². The van der Waals surface area contributed by atoms with Crippen molar-refractivity contribution in [2.24, 2.45) is 0 Å². The van der Waals surface area contributed by atoms with Crippen molar-refractivity contribution in [2.45, 2.75) is 25.7 Å². The van der Waals surface area contributed by atoms with Gasteiger partial charge in [0, 0.05) is 32.7 Å². The monoisotopic (exact) mass is 308 g/mol. The lowest BCUT2D eigenvalue weighted by Crippen LogP contribution is -2.52. The van der Waals surface area contributed by atoms with Crippen LogP contribution in [0.15, 0.2) is 24.3 Å². The molecule has 0 bridgehead atoms. The molecule has 0 unspecified atom stereocenters. The van der Waals surface area contributed by atoms with E-state index in [0.29, 0.717) is 5.56 Å². The highest BCUT2D eigenvalue weighted by Gasteiger charge is 2.30. The van der Waals surface area contributed by atoms with Crippen LogP contribution in [0.25, 0.3) is 0 Å². The van der Waals surface area contributed by atoms with E-state index in [1.54, 1.807) is 12.1 Å². The number of carboxylic acid groups (broad SMARTS) is 1. The molecule has 1 heterocycles. The summed E-state index contributed by atoms with van der Waals surface area (Å²) in [6, 6.07) is 7.03. The zero-order valence-corrected chi connectivity index (χ0v) is 13.3. The molecule has 0 aromatic heterocycles. The second kappa shape index (κ2) is 6.65. The minimum atomic E-state index is -0.894. The Labute approximate surface area is 126 Å². The number of benzene rings is 1. The minimum absolute atomic E-state index is 0.162. The van der Waals surface area contributed by atoms with Gasteiger partial charge in [-0.1, -0.05) is 12.1 Å². The number of carboxylic acids is 1. The average Bonchev–Trinajstić information content (AvgIpc) is 2.48. The van der Waals surface area contributed by atoms with E-state index in [0.717, 1.165) is 38.3 Å². The molecule has 6 heteroatoms. The lowest BCUT2D eigenvalue weighted by molar-refractivity contribution is 0.0697. The van der Waals surface area contributed by atoms with Gasteiger partial charge in [0.05, 0.1) is 10.8 Å². The Kier molecular flexibility index (Phi) is 5.09. The molecule has 1 saturated heterocycles. The van der Waals surface area contributed by atoms with Crippen molar-refractivity contribution in [2.75, 3.05) is 26.2 Å². The van der Waals surface area contributed by atoms with Crippen LogP contribution in [0.4, 0.5) is 0 Å². The van der Waals surface area contributed by atoms with Crippen molar-refractivity contribution in [3.05, 3.63) is 35.4 Å². The largest absolute Gasteiger partial charge is 0.478 e. The van der Waals surface area contributed by atoms with Crippen molar-refractivity contribution < 1.29 is 14.5 Å². The number of hydrogen-bond donors (Lipinski definition) is 1. The maximum atomic E-state index is 11.2. The Balaban J connectivity index is 1.89. The predicted molar refractivity (Wildman–Crippen MR) is 81.9 cm³/mol. The van der Waals surface area contributed by atoms with Gasteiger partial charge in [0.2, 0.25) is 0 Å². The van der Waals surface area contributed by atoms with Crippen molar-refractivity contribution in [1.82, 2.24) is 9.80 Å². The molecule has 1 N–H and O–H groups in total. The maximum Gasteiger partial charge on any atom is 0.335 e. The van der Waals surface area contributed by atoms with Gasteiger partial charge in [-0.2, -0.15) is 0 Å². The SMILES string of the molecule is CC(C)(P=O)N1CCN(Cc2ccc(C(=O)O)cc2)CC1. The zero-order chi connectivity index (χ0) is 15.5. The Morgan fingerprint density at radius 2 is 1.76 bits per heavy atom. The highest BCUT2D eigenvalue weighted by Crippen LogP contribution is 2.27. The average molecular weight is 308 g/mol. The molecule has 1 aromatic carbocycles. The second-order valence-electron chi connectivity index (χ2n) is 5.85. The summed E-state index contributed by atoms with van der Waals surface area (Å²) in [5.41, 5.74) is 1.44. The third-order valence-electron chi connectivity index (χ3n) is 3.98. The quantitative estimate of drug-likeness (QED) is 0.847. The van der Waals surface area contributed by atoms with E-state index in [1.165, 1.54) is 0 Å². The van der Waals surface area contributed by atoms with Crippen molar-refractivity contribution in [3.8, 4) is 0 Å². The molecule has 0 aliphatic carbocycles. The summed E-state index contributed by atoms with van der Waals surface area (Å²) in [7, 11) is 0.162. The molecule has 0 radical (unpaired) electrons. The Morgan fingerprint density at radius 3 is 2.24 bits per heavy atom. The van der Waals surface area contributed by atoms with E-state index in [2.05, 4.69) is 9.80 Å². The van der Waals surface area contributed by atoms with Gasteiger partial charge in [0.25, 0.3) is 0 Å². The van der Waals surface area contributed by atoms with Crippen LogP contribution in [0, 0.1) is 0 Å². The topological polar surface area (TPSA) is 60.9 Å². The summed E-state index contributed by atoms with van der Waals surface area (Å²) in [5.74, 6) is -0.894. The van der Waals surface area contributed by atoms with Gasteiger partial charge in [-0.15, -0.1) is 0 Å². The number of rotatable bonds is 5. The highest BCUT2D eigenvalue weighted by atomic mass is 31.1. The number of carbonyl (C=O) groups is 1. The maximum absolute atomic E-state index is 11.2. The second-order valence-corrected chi connectivity index (χ2v) is 7.13. The van der Waals surface area contributed by atoms with Crippen LogP contribution in [0.1, 0.15) is 29.8 Å². The number of piperazine rings is 1. The molecule has 2 rings (SSSR count). The fourth-order valence-electron chi connectivity index (χ4n) is 2.52. The van der Waals surface area contributed by atoms with Crippen molar-refractivity contribution in [3.63, 3.8) is 0 Å². The Morgan fingerprint density at radius 1 is 1.19 bits per heavy atom. The molecule has 0 saturated carbocycles. The van der Waals surface area contributed by atoms with E-state index >= 15 is 0 Å². The smallest absolute Gasteiger partial charge is 0.335 e. The van der Waals surface area contributed by atoms with Crippen LogP contribution in [0.3, 0.4) is 0 Å². The highest BCUT2D eigenvalue weighted by molar-refractivity contribution is 7.25. The van der Waals surface area contributed by atoms with Gasteiger partial charge < -0.3 is 5.11 Å². The third-order valence-corrected chi connectivity index (χ3v) is 4.71. The normalized spacial score (nSPS) is 18.0. The molecule has 0 atom stereocenters. The molecule has 1 aromatic rings. The molecule has 1 fully saturated rings. The van der Waals surface area contributed by atoms with E-state index in [1.807, 2.05) is 26.0 Å². The first-order valence-corrected chi connectivity index (χ1v) is 7.88. The molecule has 5 nitrogen and oxygen atoms in total. The number of aromatic carboxylic acids is 1. The fourth-order valence-corrected chi connectivity index (χ4v) is 2.84. The van der Waals surface area contributed by atoms with Gasteiger partial charge in [0.15, 0.2) is 8.46 Å². The van der Waals surface area contributed by atoms with Crippen LogP contribution in [0.5, 0.6) is 0 Å². The molecule has 114 valence electrons. The van der Waals surface area contributed by atoms with E-state index < -0.39 is 5.97 Å². The third kappa shape index (κ3) is 4.10. The fraction of sp³-hybridized carbons (Fsp3) is 0.533. The summed E-state index contributed by atoms with van der Waals surface area (Å²) in [5, 5.41) is 8.59. The zero-order valence-electron chi connectivity index (χ0n) is 12.5. The summed E-state index contributed by atoms with van der Waals surface area (Å²) in [4.78, 5) is 15.4. The van der Waals surface area contributed by atoms with E-state index in [4.69, 9.17) is 5.11 Å². The van der Waals surface area contributed by atoms with Crippen LogP contribution in [-0.4, -0.2) is 52.3 Å². The van der Waals surface area contributed by atoms with Gasteiger partial charge in [-0.05, 0) is 31.5 Å². The lowest BCUT2D eigenvalue weighted by Gasteiger charge is -2.40. The Bertz CT molecular complexity index is 508. The molecule has 0 spiro atoms. The minimum Gasteiger partial charge on any atom is -0.478 e. The first-order chi connectivity index (χ1) is 9.92. The van der Waals surface area contributed by atoms with Crippen LogP contribution in [-0.2, 0) is 11.1 Å². The molecular formula is C15H21N2O3P. The van der Waals surface area contributed by atoms with Gasteiger partial charge in [-0.3, -0.25) is 14.4 Å². The van der Waals surface area contributed by atoms with Gasteiger partial charge in [-0.25, -0.2) is 4.79 Å². The van der Waals surface area contributed by atoms with Crippen LogP contribution < -0.4 is 0 Å².